The molecule has 88 valence electrons. The maximum Gasteiger partial charge on any atom is 0.343 e. The molecule has 0 fully saturated rings. The summed E-state index contributed by atoms with van der Waals surface area (Å²) in [6, 6.07) is 3.40. The number of H-pyrrole nitrogens is 1. The first-order valence-corrected chi connectivity index (χ1v) is 5.50. The predicted octanol–water partition coefficient (Wildman–Crippen LogP) is -0.0613. The molecular weight excluding hydrogens is 240 g/mol. The van der Waals surface area contributed by atoms with Gasteiger partial charge in [0.2, 0.25) is 0 Å². The van der Waals surface area contributed by atoms with Crippen LogP contribution in [-0.4, -0.2) is 25.6 Å². The minimum Gasteiger partial charge on any atom is -0.384 e. The molecule has 8 heteroatoms. The van der Waals surface area contributed by atoms with Crippen LogP contribution in [0, 0.1) is 5.41 Å². The Bertz CT molecular complexity index is 616. The molecule has 0 amide bonds. The number of nitrogens with zero attached hydrogens (tertiary/aromatic N) is 3. The number of nitrogens with one attached hydrogen (secondary N) is 2. The van der Waals surface area contributed by atoms with Gasteiger partial charge in [-0.2, -0.15) is 0 Å². The summed E-state index contributed by atoms with van der Waals surface area (Å²) in [5.41, 5.74) is 5.67. The predicted molar refractivity (Wildman–Crippen MR) is 63.2 cm³/mol. The molecule has 0 unspecified atom stereocenters. The molecule has 0 aliphatic carbocycles. The van der Waals surface area contributed by atoms with Crippen molar-refractivity contribution in [2.45, 2.75) is 10.2 Å². The SMILES string of the molecule is Cn1c(Sc2ncccc2C(=N)N)n[nH]c1=O. The van der Waals surface area contributed by atoms with Crippen molar-refractivity contribution in [3.8, 4) is 0 Å². The molecule has 4 N–H and O–H groups in total. The van der Waals surface area contributed by atoms with Crippen LogP contribution in [0.25, 0.3) is 0 Å². The maximum atomic E-state index is 11.2. The van der Waals surface area contributed by atoms with Gasteiger partial charge in [0.05, 0.1) is 0 Å². The van der Waals surface area contributed by atoms with E-state index in [4.69, 9.17) is 11.1 Å². The summed E-state index contributed by atoms with van der Waals surface area (Å²) in [4.78, 5) is 15.3. The van der Waals surface area contributed by atoms with Crippen LogP contribution in [0.4, 0.5) is 0 Å². The molecule has 7 nitrogen and oxygen atoms in total. The highest BCUT2D eigenvalue weighted by molar-refractivity contribution is 7.99. The standard InChI is InChI=1S/C9H10N6OS/c1-15-8(16)13-14-9(15)17-7-5(6(10)11)3-2-4-12-7/h2-4H,1H3,(H3,10,11)(H,13,16). The fraction of sp³-hybridized carbons (Fsp3) is 0.111. The van der Waals surface area contributed by atoms with E-state index in [1.54, 1.807) is 25.4 Å². The fourth-order valence-corrected chi connectivity index (χ4v) is 2.07. The zero-order valence-electron chi connectivity index (χ0n) is 8.97. The largest absolute Gasteiger partial charge is 0.384 e. The molecule has 0 aliphatic rings. The van der Waals surface area contributed by atoms with Gasteiger partial charge in [0.25, 0.3) is 0 Å². The van der Waals surface area contributed by atoms with E-state index < -0.39 is 0 Å². The highest BCUT2D eigenvalue weighted by Crippen LogP contribution is 2.25. The summed E-state index contributed by atoms with van der Waals surface area (Å²) in [6.45, 7) is 0. The van der Waals surface area contributed by atoms with Crippen molar-refractivity contribution in [1.82, 2.24) is 19.7 Å². The smallest absolute Gasteiger partial charge is 0.343 e. The Hall–Kier alpha value is -2.09. The van der Waals surface area contributed by atoms with Gasteiger partial charge in [0.1, 0.15) is 10.9 Å². The molecule has 2 rings (SSSR count). The number of hydrogen-bond acceptors (Lipinski definition) is 5. The van der Waals surface area contributed by atoms with Crippen molar-refractivity contribution >= 4 is 17.6 Å². The zero-order chi connectivity index (χ0) is 12.4. The lowest BCUT2D eigenvalue weighted by molar-refractivity contribution is 0.764. The van der Waals surface area contributed by atoms with Gasteiger partial charge in [0.15, 0.2) is 5.16 Å². The number of aromatic nitrogens is 4. The summed E-state index contributed by atoms with van der Waals surface area (Å²) >= 11 is 1.18. The third kappa shape index (κ3) is 2.21. The molecule has 0 aliphatic heterocycles. The van der Waals surface area contributed by atoms with Gasteiger partial charge in [-0.25, -0.2) is 14.9 Å². The van der Waals surface area contributed by atoms with E-state index >= 15 is 0 Å². The molecule has 2 aromatic heterocycles. The minimum absolute atomic E-state index is 0.0684. The Morgan fingerprint density at radius 1 is 1.65 bits per heavy atom. The Labute approximate surface area is 101 Å². The summed E-state index contributed by atoms with van der Waals surface area (Å²) in [5, 5.41) is 14.6. The molecule has 0 saturated carbocycles. The molecule has 0 spiro atoms. The van der Waals surface area contributed by atoms with Crippen LogP contribution in [0.15, 0.2) is 33.3 Å². The van der Waals surface area contributed by atoms with E-state index in [0.717, 1.165) is 0 Å². The van der Waals surface area contributed by atoms with Crippen LogP contribution >= 0.6 is 11.8 Å². The first-order chi connectivity index (χ1) is 8.09. The van der Waals surface area contributed by atoms with Gasteiger partial charge in [-0.05, 0) is 23.9 Å². The van der Waals surface area contributed by atoms with Crippen LogP contribution in [0.1, 0.15) is 5.56 Å². The maximum absolute atomic E-state index is 11.2. The highest BCUT2D eigenvalue weighted by atomic mass is 32.2. The lowest BCUT2D eigenvalue weighted by Crippen LogP contribution is -2.14. The number of pyridine rings is 1. The summed E-state index contributed by atoms with van der Waals surface area (Å²) < 4.78 is 1.36. The van der Waals surface area contributed by atoms with Gasteiger partial charge in [-0.1, -0.05) is 0 Å². The van der Waals surface area contributed by atoms with E-state index in [2.05, 4.69) is 15.2 Å². The normalized spacial score (nSPS) is 10.4. The fourth-order valence-electron chi connectivity index (χ4n) is 1.19. The Morgan fingerprint density at radius 3 is 3.00 bits per heavy atom. The lowest BCUT2D eigenvalue weighted by atomic mass is 10.3. The van der Waals surface area contributed by atoms with Gasteiger partial charge in [-0.15, -0.1) is 5.10 Å². The summed E-state index contributed by atoms with van der Waals surface area (Å²) in [5.74, 6) is -0.0684. The zero-order valence-corrected chi connectivity index (χ0v) is 9.78. The van der Waals surface area contributed by atoms with Gasteiger partial charge in [0, 0.05) is 18.8 Å². The summed E-state index contributed by atoms with van der Waals surface area (Å²) in [7, 11) is 1.60. The number of rotatable bonds is 3. The number of hydrogen-bond donors (Lipinski definition) is 3. The number of amidine groups is 1. The molecule has 2 heterocycles. The topological polar surface area (TPSA) is 113 Å². The molecule has 2 aromatic rings. The molecule has 0 bridgehead atoms. The van der Waals surface area contributed by atoms with Gasteiger partial charge in [-0.3, -0.25) is 9.98 Å². The van der Waals surface area contributed by atoms with Crippen LogP contribution < -0.4 is 11.4 Å². The monoisotopic (exact) mass is 250 g/mol. The Morgan fingerprint density at radius 2 is 2.41 bits per heavy atom. The van der Waals surface area contributed by atoms with Crippen molar-refractivity contribution in [2.24, 2.45) is 12.8 Å². The van der Waals surface area contributed by atoms with E-state index in [0.29, 0.717) is 15.7 Å². The van der Waals surface area contributed by atoms with Crippen LogP contribution in [0.3, 0.4) is 0 Å². The van der Waals surface area contributed by atoms with Crippen LogP contribution in [0.5, 0.6) is 0 Å². The second kappa shape index (κ2) is 4.42. The number of nitrogens with two attached hydrogens (primary N) is 1. The van der Waals surface area contributed by atoms with Crippen LogP contribution in [-0.2, 0) is 7.05 Å². The number of aromatic amines is 1. The van der Waals surface area contributed by atoms with Gasteiger partial charge >= 0.3 is 5.69 Å². The summed E-state index contributed by atoms with van der Waals surface area (Å²) in [6.07, 6.45) is 1.60. The Balaban J connectivity index is 2.40. The second-order valence-electron chi connectivity index (χ2n) is 3.24. The number of nitrogen functional groups attached to an aromatic ring is 1. The molecular formula is C9H10N6OS. The van der Waals surface area contributed by atoms with E-state index in [1.165, 1.54) is 16.3 Å². The van der Waals surface area contributed by atoms with Crippen molar-refractivity contribution < 1.29 is 0 Å². The van der Waals surface area contributed by atoms with Gasteiger partial charge < -0.3 is 5.73 Å². The van der Waals surface area contributed by atoms with Crippen LogP contribution in [0.2, 0.25) is 0 Å². The second-order valence-corrected chi connectivity index (χ2v) is 4.20. The van der Waals surface area contributed by atoms with Crippen molar-refractivity contribution in [2.75, 3.05) is 0 Å². The molecule has 0 aromatic carbocycles. The third-order valence-corrected chi connectivity index (χ3v) is 3.15. The molecule has 17 heavy (non-hydrogen) atoms. The Kier molecular flexibility index (Phi) is 2.96. The van der Waals surface area contributed by atoms with Crippen molar-refractivity contribution in [3.63, 3.8) is 0 Å². The van der Waals surface area contributed by atoms with E-state index in [9.17, 15) is 4.79 Å². The molecule has 0 saturated heterocycles. The first kappa shape index (κ1) is 11.4. The third-order valence-electron chi connectivity index (χ3n) is 2.09. The average molecular weight is 250 g/mol. The quantitative estimate of drug-likeness (QED) is 0.521. The van der Waals surface area contributed by atoms with Crippen molar-refractivity contribution in [1.29, 1.82) is 5.41 Å². The van der Waals surface area contributed by atoms with E-state index in [-0.39, 0.29) is 11.5 Å². The minimum atomic E-state index is -0.298. The van der Waals surface area contributed by atoms with E-state index in [1.807, 2.05) is 0 Å². The first-order valence-electron chi connectivity index (χ1n) is 4.68. The molecule has 0 radical (unpaired) electrons. The van der Waals surface area contributed by atoms with Crippen molar-refractivity contribution in [3.05, 3.63) is 34.4 Å². The highest BCUT2D eigenvalue weighted by Gasteiger charge is 2.12. The molecule has 0 atom stereocenters. The average Bonchev–Trinajstić information content (AvgIpc) is 2.61. The lowest BCUT2D eigenvalue weighted by Gasteiger charge is -2.04.